The Bertz CT molecular complexity index is 617. The van der Waals surface area contributed by atoms with E-state index in [1.54, 1.807) is 12.1 Å². The molecule has 1 aromatic heterocycles. The molecule has 0 unspecified atom stereocenters. The van der Waals surface area contributed by atoms with Crippen molar-refractivity contribution < 1.29 is 10.0 Å². The van der Waals surface area contributed by atoms with Crippen LogP contribution in [0.4, 0.5) is 5.69 Å². The Morgan fingerprint density at radius 1 is 1.30 bits per heavy atom. The molecule has 0 fully saturated rings. The number of aliphatic hydroxyl groups excluding tert-OH is 1. The van der Waals surface area contributed by atoms with Gasteiger partial charge in [-0.05, 0) is 25.8 Å². The standard InChI is InChI=1S/C14H17N3O3/c1-10-14(9-18)11(2)16(15-10)8-7-12-3-5-13(6-4-12)17(19)20/h3-6,18H,7-9H2,1-2H3. The predicted octanol–water partition coefficient (Wildman–Crippen LogP) is 2.14. The average molecular weight is 275 g/mol. The number of non-ortho nitro benzene ring substituents is 1. The highest BCUT2D eigenvalue weighted by Crippen LogP contribution is 2.15. The quantitative estimate of drug-likeness (QED) is 0.669. The van der Waals surface area contributed by atoms with Gasteiger partial charge in [-0.1, -0.05) is 12.1 Å². The van der Waals surface area contributed by atoms with Crippen LogP contribution in [0.1, 0.15) is 22.5 Å². The van der Waals surface area contributed by atoms with Crippen LogP contribution in [0, 0.1) is 24.0 Å². The smallest absolute Gasteiger partial charge is 0.269 e. The van der Waals surface area contributed by atoms with E-state index in [1.165, 1.54) is 12.1 Å². The molecule has 2 aromatic rings. The molecule has 1 N–H and O–H groups in total. The maximum atomic E-state index is 10.6. The Hall–Kier alpha value is -2.21. The molecule has 0 amide bonds. The van der Waals surface area contributed by atoms with Gasteiger partial charge < -0.3 is 5.11 Å². The van der Waals surface area contributed by atoms with Gasteiger partial charge in [0.1, 0.15) is 0 Å². The van der Waals surface area contributed by atoms with Gasteiger partial charge in [0.15, 0.2) is 0 Å². The number of nitro benzene ring substituents is 1. The first kappa shape index (κ1) is 14.2. The summed E-state index contributed by atoms with van der Waals surface area (Å²) in [5.41, 5.74) is 3.80. The van der Waals surface area contributed by atoms with Gasteiger partial charge in [0.2, 0.25) is 0 Å². The normalized spacial score (nSPS) is 10.8. The van der Waals surface area contributed by atoms with Crippen molar-refractivity contribution in [3.63, 3.8) is 0 Å². The van der Waals surface area contributed by atoms with Crippen LogP contribution in [0.25, 0.3) is 0 Å². The molecule has 0 aliphatic carbocycles. The second-order valence-electron chi connectivity index (χ2n) is 4.70. The van der Waals surface area contributed by atoms with E-state index < -0.39 is 4.92 Å². The highest BCUT2D eigenvalue weighted by molar-refractivity contribution is 5.33. The van der Waals surface area contributed by atoms with Crippen molar-refractivity contribution >= 4 is 5.69 Å². The summed E-state index contributed by atoms with van der Waals surface area (Å²) in [5.74, 6) is 0. The molecule has 0 saturated heterocycles. The molecule has 6 nitrogen and oxygen atoms in total. The van der Waals surface area contributed by atoms with Gasteiger partial charge in [-0.15, -0.1) is 0 Å². The largest absolute Gasteiger partial charge is 0.392 e. The van der Waals surface area contributed by atoms with E-state index in [4.69, 9.17) is 0 Å². The van der Waals surface area contributed by atoms with Crippen molar-refractivity contribution in [2.45, 2.75) is 33.4 Å². The second-order valence-corrected chi connectivity index (χ2v) is 4.70. The van der Waals surface area contributed by atoms with Crippen molar-refractivity contribution in [1.29, 1.82) is 0 Å². The summed E-state index contributed by atoms with van der Waals surface area (Å²) in [4.78, 5) is 10.2. The molecule has 0 bridgehead atoms. The van der Waals surface area contributed by atoms with Crippen molar-refractivity contribution in [2.75, 3.05) is 0 Å². The van der Waals surface area contributed by atoms with Gasteiger partial charge >= 0.3 is 0 Å². The van der Waals surface area contributed by atoms with E-state index in [2.05, 4.69) is 5.10 Å². The van der Waals surface area contributed by atoms with E-state index >= 15 is 0 Å². The molecular formula is C14H17N3O3. The van der Waals surface area contributed by atoms with Crippen LogP contribution in [-0.4, -0.2) is 19.8 Å². The van der Waals surface area contributed by atoms with Crippen LogP contribution in [0.2, 0.25) is 0 Å². The van der Waals surface area contributed by atoms with Crippen LogP contribution < -0.4 is 0 Å². The molecule has 0 aliphatic heterocycles. The molecule has 20 heavy (non-hydrogen) atoms. The molecule has 1 aromatic carbocycles. The number of nitro groups is 1. The van der Waals surface area contributed by atoms with Crippen molar-refractivity contribution in [1.82, 2.24) is 9.78 Å². The lowest BCUT2D eigenvalue weighted by molar-refractivity contribution is -0.384. The Morgan fingerprint density at radius 2 is 1.95 bits per heavy atom. The third kappa shape index (κ3) is 2.85. The SMILES string of the molecule is Cc1nn(CCc2ccc([N+](=O)[O-])cc2)c(C)c1CO. The minimum Gasteiger partial charge on any atom is -0.392 e. The summed E-state index contributed by atoms with van der Waals surface area (Å²) in [6.07, 6.45) is 0.741. The summed E-state index contributed by atoms with van der Waals surface area (Å²) < 4.78 is 1.86. The third-order valence-electron chi connectivity index (χ3n) is 3.45. The van der Waals surface area contributed by atoms with Crippen molar-refractivity contribution in [3.05, 3.63) is 56.9 Å². The summed E-state index contributed by atoms with van der Waals surface area (Å²) in [7, 11) is 0. The second kappa shape index (κ2) is 5.83. The minimum atomic E-state index is -0.404. The average Bonchev–Trinajstić information content (AvgIpc) is 2.71. The fraction of sp³-hybridized carbons (Fsp3) is 0.357. The van der Waals surface area contributed by atoms with Gasteiger partial charge in [-0.3, -0.25) is 14.8 Å². The number of nitrogens with zero attached hydrogens (tertiary/aromatic N) is 3. The Balaban J connectivity index is 2.07. The number of aliphatic hydroxyl groups is 1. The number of aryl methyl sites for hydroxylation is 3. The predicted molar refractivity (Wildman–Crippen MR) is 74.4 cm³/mol. The zero-order valence-corrected chi connectivity index (χ0v) is 11.5. The first-order valence-electron chi connectivity index (χ1n) is 6.40. The Morgan fingerprint density at radius 3 is 2.45 bits per heavy atom. The zero-order chi connectivity index (χ0) is 14.7. The van der Waals surface area contributed by atoms with E-state index in [-0.39, 0.29) is 12.3 Å². The van der Waals surface area contributed by atoms with Crippen LogP contribution in [-0.2, 0) is 19.6 Å². The van der Waals surface area contributed by atoms with Gasteiger partial charge in [-0.25, -0.2) is 0 Å². The minimum absolute atomic E-state index is 0.00476. The molecule has 0 saturated carbocycles. The molecule has 106 valence electrons. The molecule has 6 heteroatoms. The van der Waals surface area contributed by atoms with E-state index in [1.807, 2.05) is 18.5 Å². The number of benzene rings is 1. The maximum Gasteiger partial charge on any atom is 0.269 e. The topological polar surface area (TPSA) is 81.2 Å². The lowest BCUT2D eigenvalue weighted by Crippen LogP contribution is -2.05. The van der Waals surface area contributed by atoms with Crippen LogP contribution in [0.5, 0.6) is 0 Å². The van der Waals surface area contributed by atoms with Crippen LogP contribution >= 0.6 is 0 Å². The fourth-order valence-corrected chi connectivity index (χ4v) is 2.20. The van der Waals surface area contributed by atoms with Crippen LogP contribution in [0.15, 0.2) is 24.3 Å². The third-order valence-corrected chi connectivity index (χ3v) is 3.45. The number of aromatic nitrogens is 2. The monoisotopic (exact) mass is 275 g/mol. The van der Waals surface area contributed by atoms with E-state index in [0.717, 1.165) is 28.9 Å². The first-order chi connectivity index (χ1) is 9.52. The summed E-state index contributed by atoms with van der Waals surface area (Å²) in [5, 5.41) is 24.2. The summed E-state index contributed by atoms with van der Waals surface area (Å²) in [6, 6.07) is 6.54. The summed E-state index contributed by atoms with van der Waals surface area (Å²) in [6.45, 7) is 4.49. The van der Waals surface area contributed by atoms with Gasteiger partial charge in [0.25, 0.3) is 5.69 Å². The lowest BCUT2D eigenvalue weighted by Gasteiger charge is -2.05. The fourth-order valence-electron chi connectivity index (χ4n) is 2.20. The Labute approximate surface area is 116 Å². The van der Waals surface area contributed by atoms with E-state index in [9.17, 15) is 15.2 Å². The van der Waals surface area contributed by atoms with Crippen molar-refractivity contribution in [2.24, 2.45) is 0 Å². The molecule has 0 atom stereocenters. The number of hydrogen-bond donors (Lipinski definition) is 1. The van der Waals surface area contributed by atoms with Gasteiger partial charge in [0, 0.05) is 29.9 Å². The first-order valence-corrected chi connectivity index (χ1v) is 6.40. The number of rotatable bonds is 5. The summed E-state index contributed by atoms with van der Waals surface area (Å²) >= 11 is 0. The Kier molecular flexibility index (Phi) is 4.14. The van der Waals surface area contributed by atoms with Gasteiger partial charge in [0.05, 0.1) is 17.2 Å². The van der Waals surface area contributed by atoms with Gasteiger partial charge in [-0.2, -0.15) is 5.10 Å². The molecule has 1 heterocycles. The van der Waals surface area contributed by atoms with Crippen LogP contribution in [0.3, 0.4) is 0 Å². The number of hydrogen-bond acceptors (Lipinski definition) is 4. The molecular weight excluding hydrogens is 258 g/mol. The lowest BCUT2D eigenvalue weighted by atomic mass is 10.1. The molecule has 0 aliphatic rings. The molecule has 0 radical (unpaired) electrons. The zero-order valence-electron chi connectivity index (χ0n) is 11.5. The highest BCUT2D eigenvalue weighted by Gasteiger charge is 2.10. The highest BCUT2D eigenvalue weighted by atomic mass is 16.6. The molecule has 0 spiro atoms. The van der Waals surface area contributed by atoms with E-state index in [0.29, 0.717) is 6.54 Å². The molecule has 2 rings (SSSR count). The van der Waals surface area contributed by atoms with Crippen molar-refractivity contribution in [3.8, 4) is 0 Å². The maximum absolute atomic E-state index is 10.6.